The first-order valence-corrected chi connectivity index (χ1v) is 8.46. The van der Waals surface area contributed by atoms with Crippen LogP contribution in [0.4, 0.5) is 0 Å². The van der Waals surface area contributed by atoms with Gasteiger partial charge in [0, 0.05) is 14.1 Å². The molecule has 0 saturated carbocycles. The van der Waals surface area contributed by atoms with Crippen LogP contribution in [0, 0.1) is 0 Å². The molecular formula is C20H21ClN2O4. The number of hydrogen-bond donors (Lipinski definition) is 1. The quantitative estimate of drug-likeness (QED) is 0.771. The van der Waals surface area contributed by atoms with Crippen LogP contribution in [0.15, 0.2) is 48.2 Å². The van der Waals surface area contributed by atoms with Gasteiger partial charge in [0.1, 0.15) is 5.70 Å². The number of amides is 2. The highest BCUT2D eigenvalue weighted by Gasteiger charge is 2.18. The van der Waals surface area contributed by atoms with E-state index in [0.29, 0.717) is 22.1 Å². The van der Waals surface area contributed by atoms with Crippen molar-refractivity contribution < 1.29 is 19.1 Å². The molecule has 0 spiro atoms. The topological polar surface area (TPSA) is 67.9 Å². The van der Waals surface area contributed by atoms with Gasteiger partial charge in [0.15, 0.2) is 11.5 Å². The third-order valence-corrected chi connectivity index (χ3v) is 4.05. The van der Waals surface area contributed by atoms with Crippen LogP contribution in [0.5, 0.6) is 11.5 Å². The molecule has 142 valence electrons. The Morgan fingerprint density at radius 2 is 1.70 bits per heavy atom. The van der Waals surface area contributed by atoms with Crippen LogP contribution in [0.3, 0.4) is 0 Å². The van der Waals surface area contributed by atoms with E-state index < -0.39 is 5.91 Å². The van der Waals surface area contributed by atoms with Crippen molar-refractivity contribution in [3.8, 4) is 11.5 Å². The van der Waals surface area contributed by atoms with E-state index >= 15 is 0 Å². The minimum atomic E-state index is -0.470. The molecule has 2 amide bonds. The van der Waals surface area contributed by atoms with E-state index in [2.05, 4.69) is 5.32 Å². The molecule has 2 rings (SSSR count). The first-order valence-electron chi connectivity index (χ1n) is 8.08. The van der Waals surface area contributed by atoms with Crippen LogP contribution >= 0.6 is 11.6 Å². The van der Waals surface area contributed by atoms with Crippen molar-refractivity contribution in [1.29, 1.82) is 0 Å². The molecule has 0 fully saturated rings. The van der Waals surface area contributed by atoms with Crippen LogP contribution in [0.25, 0.3) is 6.08 Å². The number of likely N-dealkylation sites (N-methyl/N-ethyl adjacent to an activating group) is 1. The van der Waals surface area contributed by atoms with Gasteiger partial charge in [-0.25, -0.2) is 0 Å². The minimum absolute atomic E-state index is 0.108. The Bertz CT molecular complexity index is 878. The minimum Gasteiger partial charge on any atom is -0.493 e. The molecule has 0 saturated heterocycles. The average molecular weight is 389 g/mol. The lowest BCUT2D eigenvalue weighted by atomic mass is 10.1. The first-order chi connectivity index (χ1) is 12.9. The second kappa shape index (κ2) is 9.09. The molecule has 27 heavy (non-hydrogen) atoms. The molecule has 0 aromatic heterocycles. The normalized spacial score (nSPS) is 10.9. The van der Waals surface area contributed by atoms with Crippen molar-refractivity contribution >= 4 is 29.5 Å². The molecule has 0 aliphatic rings. The number of carbonyl (C=O) groups is 2. The van der Waals surface area contributed by atoms with Crippen LogP contribution in [0.1, 0.15) is 15.9 Å². The highest BCUT2D eigenvalue weighted by Crippen LogP contribution is 2.28. The number of nitrogens with one attached hydrogen (secondary N) is 1. The molecule has 2 aromatic rings. The van der Waals surface area contributed by atoms with E-state index in [0.717, 1.165) is 0 Å². The Balaban J connectivity index is 2.40. The second-order valence-corrected chi connectivity index (χ2v) is 6.21. The van der Waals surface area contributed by atoms with Crippen LogP contribution < -0.4 is 14.8 Å². The van der Waals surface area contributed by atoms with E-state index in [1.54, 1.807) is 62.6 Å². The Morgan fingerprint density at radius 1 is 1.04 bits per heavy atom. The zero-order valence-corrected chi connectivity index (χ0v) is 16.3. The smallest absolute Gasteiger partial charge is 0.269 e. The summed E-state index contributed by atoms with van der Waals surface area (Å²) in [7, 11) is 6.27. The molecule has 0 atom stereocenters. The lowest BCUT2D eigenvalue weighted by Crippen LogP contribution is -2.34. The second-order valence-electron chi connectivity index (χ2n) is 5.81. The number of hydrogen-bond acceptors (Lipinski definition) is 4. The Kier molecular flexibility index (Phi) is 6.85. The van der Waals surface area contributed by atoms with Crippen LogP contribution in [-0.4, -0.2) is 45.0 Å². The van der Waals surface area contributed by atoms with Crippen LogP contribution in [-0.2, 0) is 4.79 Å². The number of ether oxygens (including phenoxy) is 2. The van der Waals surface area contributed by atoms with Gasteiger partial charge in [-0.1, -0.05) is 29.8 Å². The summed E-state index contributed by atoms with van der Waals surface area (Å²) in [4.78, 5) is 26.5. The molecule has 6 nitrogen and oxygen atoms in total. The lowest BCUT2D eigenvalue weighted by molar-refractivity contribution is -0.124. The summed E-state index contributed by atoms with van der Waals surface area (Å²) in [5, 5.41) is 2.95. The Labute approximate surface area is 163 Å². The maximum Gasteiger partial charge on any atom is 0.269 e. The number of methoxy groups -OCH3 is 2. The fourth-order valence-electron chi connectivity index (χ4n) is 2.34. The highest BCUT2D eigenvalue weighted by molar-refractivity contribution is 6.34. The fraction of sp³-hybridized carbons (Fsp3) is 0.200. The number of benzene rings is 2. The summed E-state index contributed by atoms with van der Waals surface area (Å²) in [5.74, 6) is 0.253. The molecule has 0 aliphatic carbocycles. The van der Waals surface area contributed by atoms with Gasteiger partial charge in [-0.3, -0.25) is 9.59 Å². The monoisotopic (exact) mass is 388 g/mol. The molecular weight excluding hydrogens is 368 g/mol. The van der Waals surface area contributed by atoms with Crippen molar-refractivity contribution in [2.24, 2.45) is 0 Å². The van der Waals surface area contributed by atoms with Gasteiger partial charge in [0.05, 0.1) is 24.8 Å². The zero-order valence-electron chi connectivity index (χ0n) is 15.6. The van der Waals surface area contributed by atoms with Crippen molar-refractivity contribution in [1.82, 2.24) is 10.2 Å². The van der Waals surface area contributed by atoms with Gasteiger partial charge in [0.25, 0.3) is 11.8 Å². The molecule has 0 aliphatic heterocycles. The van der Waals surface area contributed by atoms with Gasteiger partial charge in [-0.05, 0) is 35.9 Å². The van der Waals surface area contributed by atoms with E-state index in [4.69, 9.17) is 21.1 Å². The number of halogens is 1. The van der Waals surface area contributed by atoms with E-state index in [1.807, 2.05) is 0 Å². The van der Waals surface area contributed by atoms with E-state index in [-0.39, 0.29) is 17.2 Å². The largest absolute Gasteiger partial charge is 0.493 e. The summed E-state index contributed by atoms with van der Waals surface area (Å²) in [6.07, 6.45) is 1.57. The predicted octanol–water partition coefficient (Wildman–Crippen LogP) is 3.22. The number of rotatable bonds is 6. The fourth-order valence-corrected chi connectivity index (χ4v) is 2.56. The number of carbonyl (C=O) groups excluding carboxylic acids is 2. The molecule has 1 N–H and O–H groups in total. The SMILES string of the molecule is COc1ccc(C=C(NC(=O)c2ccccc2Cl)C(=O)N(C)C)cc1OC. The molecule has 0 radical (unpaired) electrons. The third kappa shape index (κ3) is 5.01. The van der Waals surface area contributed by atoms with Gasteiger partial charge >= 0.3 is 0 Å². The predicted molar refractivity (Wildman–Crippen MR) is 105 cm³/mol. The summed E-state index contributed by atoms with van der Waals surface area (Å²) < 4.78 is 10.5. The van der Waals surface area contributed by atoms with Crippen molar-refractivity contribution in [3.05, 3.63) is 64.3 Å². The lowest BCUT2D eigenvalue weighted by Gasteiger charge is -2.15. The van der Waals surface area contributed by atoms with Gasteiger partial charge in [-0.15, -0.1) is 0 Å². The standard InChI is InChI=1S/C20H21ClN2O4/c1-23(2)20(25)16(22-19(24)14-7-5-6-8-15(14)21)11-13-9-10-17(26-3)18(12-13)27-4/h5-12H,1-4H3,(H,22,24). The number of nitrogens with zero attached hydrogens (tertiary/aromatic N) is 1. The van der Waals surface area contributed by atoms with Crippen molar-refractivity contribution in [3.63, 3.8) is 0 Å². The summed E-state index contributed by atoms with van der Waals surface area (Å²) in [6.45, 7) is 0. The summed E-state index contributed by atoms with van der Waals surface area (Å²) >= 11 is 6.07. The van der Waals surface area contributed by atoms with Crippen molar-refractivity contribution in [2.75, 3.05) is 28.3 Å². The Morgan fingerprint density at radius 3 is 2.30 bits per heavy atom. The average Bonchev–Trinajstić information content (AvgIpc) is 2.66. The molecule has 2 aromatic carbocycles. The third-order valence-electron chi connectivity index (χ3n) is 3.72. The Hall–Kier alpha value is -2.99. The van der Waals surface area contributed by atoms with Gasteiger partial charge in [0.2, 0.25) is 0 Å². The molecule has 0 bridgehead atoms. The van der Waals surface area contributed by atoms with Crippen molar-refractivity contribution in [2.45, 2.75) is 0 Å². The van der Waals surface area contributed by atoms with E-state index in [1.165, 1.54) is 19.1 Å². The van der Waals surface area contributed by atoms with E-state index in [9.17, 15) is 9.59 Å². The summed E-state index contributed by atoms with van der Waals surface area (Å²) in [5.41, 5.74) is 1.05. The molecule has 7 heteroatoms. The van der Waals surface area contributed by atoms with Crippen LogP contribution in [0.2, 0.25) is 5.02 Å². The molecule has 0 heterocycles. The maximum absolute atomic E-state index is 12.6. The first kappa shape index (κ1) is 20.3. The van der Waals surface area contributed by atoms with Gasteiger partial charge < -0.3 is 19.7 Å². The summed E-state index contributed by atoms with van der Waals surface area (Å²) in [6, 6.07) is 11.8. The maximum atomic E-state index is 12.6. The van der Waals surface area contributed by atoms with Gasteiger partial charge in [-0.2, -0.15) is 0 Å². The highest BCUT2D eigenvalue weighted by atomic mass is 35.5. The molecule has 0 unspecified atom stereocenters. The zero-order chi connectivity index (χ0) is 20.0.